The Labute approximate surface area is 197 Å². The third kappa shape index (κ3) is 5.09. The van der Waals surface area contributed by atoms with Crippen LogP contribution in [0.5, 0.6) is 0 Å². The van der Waals surface area contributed by atoms with Gasteiger partial charge in [0.1, 0.15) is 5.82 Å². The zero-order chi connectivity index (χ0) is 23.6. The van der Waals surface area contributed by atoms with Crippen LogP contribution in [0.2, 0.25) is 0 Å². The molecular weight excluding hydrogens is 451 g/mol. The number of likely N-dealkylation sites (N-methyl/N-ethyl adjacent to an activating group) is 1. The van der Waals surface area contributed by atoms with Gasteiger partial charge in [-0.25, -0.2) is 14.1 Å². The molecule has 2 aromatic rings. The number of carboxylic acid groups (broad SMARTS) is 1. The van der Waals surface area contributed by atoms with Crippen LogP contribution in [0.25, 0.3) is 11.6 Å². The van der Waals surface area contributed by atoms with E-state index >= 15 is 0 Å². The van der Waals surface area contributed by atoms with Gasteiger partial charge in [0.05, 0.1) is 16.8 Å². The Morgan fingerprint density at radius 1 is 1.24 bits per heavy atom. The Balaban J connectivity index is 0.00000385. The molecule has 1 aromatic heterocycles. The highest BCUT2D eigenvalue weighted by Crippen LogP contribution is 2.38. The second-order valence-electron chi connectivity index (χ2n) is 7.59. The van der Waals surface area contributed by atoms with Crippen LogP contribution in [-0.4, -0.2) is 59.1 Å². The lowest BCUT2D eigenvalue weighted by Gasteiger charge is -2.18. The van der Waals surface area contributed by atoms with E-state index in [0.717, 1.165) is 31.8 Å². The molecule has 0 aliphatic carbocycles. The van der Waals surface area contributed by atoms with Gasteiger partial charge in [-0.2, -0.15) is 0 Å². The second kappa shape index (κ2) is 10.6. The average Bonchev–Trinajstić information content (AvgIpc) is 3.18. The number of nitrogens with zero attached hydrogens (tertiary/aromatic N) is 2. The number of carbonyl (C=O) groups is 3. The maximum Gasteiger partial charge on any atom is 0.419 e. The Bertz CT molecular complexity index is 1110. The molecule has 3 amide bonds. The molecule has 3 N–H and O–H groups in total. The lowest BCUT2D eigenvalue weighted by Crippen LogP contribution is -2.35. The number of aryl methyl sites for hydroxylation is 1. The van der Waals surface area contributed by atoms with Crippen LogP contribution >= 0.6 is 12.4 Å². The van der Waals surface area contributed by atoms with E-state index in [9.17, 15) is 23.9 Å². The predicted octanol–water partition coefficient (Wildman–Crippen LogP) is 3.83. The molecule has 0 spiro atoms. The normalized spacial score (nSPS) is 13.9. The van der Waals surface area contributed by atoms with Crippen LogP contribution in [0.4, 0.5) is 14.9 Å². The summed E-state index contributed by atoms with van der Waals surface area (Å²) in [6.45, 7) is 10.7. The number of anilines is 1. The third-order valence-corrected chi connectivity index (χ3v) is 5.71. The number of fused-ring (bicyclic) bond motifs is 1. The standard InChI is InChI=1S/C23H27FN4O4.ClH/c1-5-27(6-2)10-9-25-21(29)20-13(3)18(26-14(20)4)12-17-16-11-15(24)7-8-19(16)28(22(17)30)23(31)32;/h7-8,11-12,26H,5-6,9-10H2,1-4H3,(H,25,29)(H,31,32);1H. The minimum absolute atomic E-state index is 0. The van der Waals surface area contributed by atoms with Crippen LogP contribution in [0.3, 0.4) is 0 Å². The summed E-state index contributed by atoms with van der Waals surface area (Å²) < 4.78 is 13.8. The molecule has 3 rings (SSSR count). The fourth-order valence-electron chi connectivity index (χ4n) is 3.95. The van der Waals surface area contributed by atoms with Crippen molar-refractivity contribution in [1.82, 2.24) is 15.2 Å². The first-order chi connectivity index (χ1) is 15.2. The summed E-state index contributed by atoms with van der Waals surface area (Å²) in [6, 6.07) is 3.50. The van der Waals surface area contributed by atoms with E-state index in [0.29, 0.717) is 34.0 Å². The quantitative estimate of drug-likeness (QED) is 0.524. The molecule has 33 heavy (non-hydrogen) atoms. The van der Waals surface area contributed by atoms with Crippen molar-refractivity contribution in [3.05, 3.63) is 52.1 Å². The Kier molecular flexibility index (Phi) is 8.40. The van der Waals surface area contributed by atoms with Crippen molar-refractivity contribution in [1.29, 1.82) is 0 Å². The van der Waals surface area contributed by atoms with Gasteiger partial charge in [0.2, 0.25) is 0 Å². The van der Waals surface area contributed by atoms with E-state index in [-0.39, 0.29) is 35.1 Å². The van der Waals surface area contributed by atoms with Crippen molar-refractivity contribution in [3.63, 3.8) is 0 Å². The number of hydrogen-bond donors (Lipinski definition) is 3. The number of H-pyrrole nitrogens is 1. The molecular formula is C23H28ClFN4O4. The van der Waals surface area contributed by atoms with Crippen LogP contribution < -0.4 is 10.2 Å². The van der Waals surface area contributed by atoms with Crippen LogP contribution in [0.1, 0.15) is 46.7 Å². The van der Waals surface area contributed by atoms with Gasteiger partial charge in [0, 0.05) is 30.0 Å². The molecule has 1 aromatic carbocycles. The molecule has 0 atom stereocenters. The van der Waals surface area contributed by atoms with Gasteiger partial charge < -0.3 is 20.3 Å². The van der Waals surface area contributed by atoms with Crippen LogP contribution in [0, 0.1) is 19.7 Å². The second-order valence-corrected chi connectivity index (χ2v) is 7.59. The van der Waals surface area contributed by atoms with Gasteiger partial charge in [0.15, 0.2) is 0 Å². The largest absolute Gasteiger partial charge is 0.464 e. The van der Waals surface area contributed by atoms with E-state index in [1.54, 1.807) is 13.8 Å². The molecule has 0 bridgehead atoms. The summed E-state index contributed by atoms with van der Waals surface area (Å²) in [5.41, 5.74) is 2.53. The van der Waals surface area contributed by atoms with Crippen molar-refractivity contribution in [2.75, 3.05) is 31.1 Å². The van der Waals surface area contributed by atoms with Gasteiger partial charge in [-0.05, 0) is 56.8 Å². The van der Waals surface area contributed by atoms with E-state index in [2.05, 4.69) is 29.0 Å². The molecule has 0 fully saturated rings. The van der Waals surface area contributed by atoms with Crippen LogP contribution in [0.15, 0.2) is 18.2 Å². The first kappa shape index (κ1) is 26.1. The summed E-state index contributed by atoms with van der Waals surface area (Å²) in [5.74, 6) is -1.58. The smallest absolute Gasteiger partial charge is 0.419 e. The minimum atomic E-state index is -1.45. The van der Waals surface area contributed by atoms with Gasteiger partial charge in [0.25, 0.3) is 11.8 Å². The lowest BCUT2D eigenvalue weighted by molar-refractivity contribution is -0.112. The number of imide groups is 1. The van der Waals surface area contributed by atoms with Gasteiger partial charge in [-0.1, -0.05) is 13.8 Å². The van der Waals surface area contributed by atoms with Crippen LogP contribution in [-0.2, 0) is 4.79 Å². The van der Waals surface area contributed by atoms with E-state index in [1.165, 1.54) is 12.1 Å². The summed E-state index contributed by atoms with van der Waals surface area (Å²) in [6.07, 6.45) is 0.0253. The molecule has 178 valence electrons. The molecule has 8 nitrogen and oxygen atoms in total. The highest BCUT2D eigenvalue weighted by molar-refractivity contribution is 6.41. The minimum Gasteiger partial charge on any atom is -0.464 e. The fraction of sp³-hybridized carbons (Fsp3) is 0.348. The highest BCUT2D eigenvalue weighted by Gasteiger charge is 2.37. The lowest BCUT2D eigenvalue weighted by atomic mass is 10.0. The zero-order valence-electron chi connectivity index (χ0n) is 19.0. The van der Waals surface area contributed by atoms with E-state index in [1.807, 2.05) is 0 Å². The molecule has 0 saturated carbocycles. The molecule has 1 aliphatic heterocycles. The van der Waals surface area contributed by atoms with Gasteiger partial charge in [-0.15, -0.1) is 12.4 Å². The Morgan fingerprint density at radius 3 is 2.52 bits per heavy atom. The number of halogens is 2. The molecule has 2 heterocycles. The summed E-state index contributed by atoms with van der Waals surface area (Å²) in [5, 5.41) is 12.4. The molecule has 0 unspecified atom stereocenters. The topological polar surface area (TPSA) is 106 Å². The summed E-state index contributed by atoms with van der Waals surface area (Å²) in [7, 11) is 0. The highest BCUT2D eigenvalue weighted by atomic mass is 35.5. The number of carbonyl (C=O) groups excluding carboxylic acids is 2. The number of rotatable bonds is 7. The summed E-state index contributed by atoms with van der Waals surface area (Å²) >= 11 is 0. The number of aromatic amines is 1. The molecule has 10 heteroatoms. The SMILES string of the molecule is CCN(CC)CCNC(=O)c1c(C)[nH]c(C=C2C(=O)N(C(=O)O)c3ccc(F)cc32)c1C.Cl. The zero-order valence-corrected chi connectivity index (χ0v) is 19.8. The Morgan fingerprint density at radius 2 is 1.91 bits per heavy atom. The van der Waals surface area contributed by atoms with Crippen molar-refractivity contribution in [2.45, 2.75) is 27.7 Å². The average molecular weight is 479 g/mol. The first-order valence-corrected chi connectivity index (χ1v) is 10.5. The van der Waals surface area contributed by atoms with Crippen molar-refractivity contribution in [2.24, 2.45) is 0 Å². The maximum atomic E-state index is 13.8. The van der Waals surface area contributed by atoms with Crippen molar-refractivity contribution < 1.29 is 23.9 Å². The van der Waals surface area contributed by atoms with Gasteiger partial charge in [-0.3, -0.25) is 9.59 Å². The predicted molar refractivity (Wildman–Crippen MR) is 127 cm³/mol. The number of hydrogen-bond acceptors (Lipinski definition) is 4. The number of amides is 3. The summed E-state index contributed by atoms with van der Waals surface area (Å²) in [4.78, 5) is 43.0. The number of benzene rings is 1. The van der Waals surface area contributed by atoms with E-state index in [4.69, 9.17) is 0 Å². The fourth-order valence-corrected chi connectivity index (χ4v) is 3.95. The first-order valence-electron chi connectivity index (χ1n) is 10.5. The maximum absolute atomic E-state index is 13.8. The molecule has 1 aliphatic rings. The number of nitrogens with one attached hydrogen (secondary N) is 2. The van der Waals surface area contributed by atoms with Crippen molar-refractivity contribution >= 4 is 47.7 Å². The number of aromatic nitrogens is 1. The van der Waals surface area contributed by atoms with E-state index < -0.39 is 17.8 Å². The molecule has 0 saturated heterocycles. The van der Waals surface area contributed by atoms with Crippen molar-refractivity contribution in [3.8, 4) is 0 Å². The molecule has 0 radical (unpaired) electrons. The monoisotopic (exact) mass is 478 g/mol. The van der Waals surface area contributed by atoms with Gasteiger partial charge >= 0.3 is 6.09 Å². The Hall–Kier alpha value is -3.17. The third-order valence-electron chi connectivity index (χ3n) is 5.71.